The van der Waals surface area contributed by atoms with E-state index in [9.17, 15) is 18.5 Å². The summed E-state index contributed by atoms with van der Waals surface area (Å²) in [4.78, 5) is 11.2. The average molecular weight is 368 g/mol. The summed E-state index contributed by atoms with van der Waals surface area (Å²) in [5, 5.41) is 14.3. The molecule has 1 aromatic carbocycles. The number of carbonyl (C=O) groups excluding carboxylic acids is 1. The molecule has 1 aliphatic carbocycles. The first-order valence-electron chi connectivity index (χ1n) is 7.70. The number of ether oxygens (including phenoxy) is 2. The highest BCUT2D eigenvalue weighted by Gasteiger charge is 2.37. The summed E-state index contributed by atoms with van der Waals surface area (Å²) < 4.78 is 35.4. The van der Waals surface area contributed by atoms with E-state index < -0.39 is 21.9 Å². The van der Waals surface area contributed by atoms with Crippen LogP contribution in [0.25, 0.3) is 0 Å². The molecule has 0 aliphatic heterocycles. The van der Waals surface area contributed by atoms with Crippen LogP contribution in [0.5, 0.6) is 5.75 Å². The van der Waals surface area contributed by atoms with Gasteiger partial charge in [-0.05, 0) is 37.8 Å². The number of hydrogen-bond donors (Lipinski definition) is 3. The van der Waals surface area contributed by atoms with Gasteiger partial charge in [0.25, 0.3) is 10.2 Å². The van der Waals surface area contributed by atoms with Crippen molar-refractivity contribution >= 4 is 22.0 Å². The monoisotopic (exact) mass is 368 g/mol. The molecule has 9 nitrogen and oxygen atoms in total. The van der Waals surface area contributed by atoms with Crippen molar-refractivity contribution in [1.82, 2.24) is 0 Å². The molecule has 1 saturated carbocycles. The van der Waals surface area contributed by atoms with E-state index >= 15 is 0 Å². The van der Waals surface area contributed by atoms with Crippen LogP contribution in [0.2, 0.25) is 0 Å². The minimum absolute atomic E-state index is 0.0102. The normalized spacial score (nSPS) is 16.5. The molecule has 0 unspecified atom stereocenters. The van der Waals surface area contributed by atoms with E-state index in [1.54, 1.807) is 0 Å². The topological polar surface area (TPSA) is 158 Å². The number of hydrogen-bond acceptors (Lipinski definition) is 6. The molecule has 0 bridgehead atoms. The summed E-state index contributed by atoms with van der Waals surface area (Å²) in [6.07, 6.45) is 3.10. The molecule has 10 heteroatoms. The first-order valence-corrected chi connectivity index (χ1v) is 9.24. The molecule has 1 aromatic rings. The Morgan fingerprint density at radius 1 is 1.32 bits per heavy atom. The van der Waals surface area contributed by atoms with E-state index in [-0.39, 0.29) is 23.6 Å². The maximum Gasteiger partial charge on any atom is 0.405 e. The number of nitrogens with one attached hydrogen (secondary N) is 1. The number of nitrogens with two attached hydrogens (primary N) is 2. The Morgan fingerprint density at radius 3 is 2.56 bits per heavy atom. The van der Waals surface area contributed by atoms with E-state index in [0.29, 0.717) is 12.8 Å². The van der Waals surface area contributed by atoms with Gasteiger partial charge >= 0.3 is 6.09 Å². The predicted molar refractivity (Wildman–Crippen MR) is 89.9 cm³/mol. The van der Waals surface area contributed by atoms with E-state index in [4.69, 9.17) is 20.3 Å². The van der Waals surface area contributed by atoms with Gasteiger partial charge in [0.15, 0.2) is 0 Å². The van der Waals surface area contributed by atoms with Gasteiger partial charge in [0, 0.05) is 0 Å². The van der Waals surface area contributed by atoms with Crippen molar-refractivity contribution in [3.63, 3.8) is 0 Å². The van der Waals surface area contributed by atoms with Gasteiger partial charge in [-0.2, -0.15) is 13.7 Å². The summed E-state index contributed by atoms with van der Waals surface area (Å²) in [6.45, 7) is 0.0173. The number of nitriles is 1. The molecular weight excluding hydrogens is 348 g/mol. The molecule has 136 valence electrons. The number of amides is 1. The summed E-state index contributed by atoms with van der Waals surface area (Å²) in [5.41, 5.74) is 4.32. The van der Waals surface area contributed by atoms with Crippen LogP contribution in [-0.4, -0.2) is 26.7 Å². The van der Waals surface area contributed by atoms with Gasteiger partial charge in [0.2, 0.25) is 0 Å². The molecule has 0 atom stereocenters. The van der Waals surface area contributed by atoms with Crippen molar-refractivity contribution < 1.29 is 22.7 Å². The van der Waals surface area contributed by atoms with Crippen molar-refractivity contribution in [2.24, 2.45) is 10.9 Å². The van der Waals surface area contributed by atoms with Gasteiger partial charge in [0.05, 0.1) is 5.69 Å². The molecule has 0 radical (unpaired) electrons. The first kappa shape index (κ1) is 18.8. The lowest BCUT2D eigenvalue weighted by Crippen LogP contribution is -2.44. The van der Waals surface area contributed by atoms with Crippen molar-refractivity contribution in [3.05, 3.63) is 23.8 Å². The number of nitrogens with zero attached hydrogens (tertiary/aromatic N) is 1. The maximum absolute atomic E-state index is 11.2. The van der Waals surface area contributed by atoms with Crippen molar-refractivity contribution in [2.75, 3.05) is 11.3 Å². The third-order valence-electron chi connectivity index (χ3n) is 3.96. The zero-order valence-corrected chi connectivity index (χ0v) is 14.3. The Labute approximate surface area is 146 Å². The second-order valence-electron chi connectivity index (χ2n) is 5.89. The number of rotatable bonds is 6. The largest absolute Gasteiger partial charge is 0.488 e. The van der Waals surface area contributed by atoms with Gasteiger partial charge in [0.1, 0.15) is 29.6 Å². The molecular formula is C15H20N4O5S. The molecule has 25 heavy (non-hydrogen) atoms. The number of primary amides is 1. The summed E-state index contributed by atoms with van der Waals surface area (Å²) >= 11 is 0. The fraction of sp³-hybridized carbons (Fsp3) is 0.467. The van der Waals surface area contributed by atoms with E-state index in [2.05, 4.69) is 4.72 Å². The van der Waals surface area contributed by atoms with Gasteiger partial charge in [-0.1, -0.05) is 12.5 Å². The van der Waals surface area contributed by atoms with Crippen LogP contribution in [0.15, 0.2) is 18.2 Å². The Hall–Kier alpha value is -2.51. The van der Waals surface area contributed by atoms with Crippen LogP contribution in [-0.2, 0) is 14.9 Å². The zero-order valence-electron chi connectivity index (χ0n) is 13.5. The molecule has 1 fully saturated rings. The summed E-state index contributed by atoms with van der Waals surface area (Å²) in [5.74, 6) is 0.161. The fourth-order valence-electron chi connectivity index (χ4n) is 2.90. The van der Waals surface area contributed by atoms with Crippen LogP contribution in [0, 0.1) is 11.3 Å². The highest BCUT2D eigenvalue weighted by atomic mass is 32.2. The van der Waals surface area contributed by atoms with Gasteiger partial charge in [-0.3, -0.25) is 4.72 Å². The Bertz CT molecular complexity index is 782. The molecule has 0 saturated heterocycles. The van der Waals surface area contributed by atoms with Crippen LogP contribution >= 0.6 is 0 Å². The second-order valence-corrected chi connectivity index (χ2v) is 7.19. The standard InChI is InChI=1S/C15H20N4O5S/c16-9-11-12(19-25(18,21)22)5-4-6-13(11)23-10-15(24-14(17)20)7-2-1-3-8-15/h4-6,19H,1-3,7-8,10H2,(H2,17,20)(H2,18,21,22). The van der Waals surface area contributed by atoms with Gasteiger partial charge < -0.3 is 15.2 Å². The number of anilines is 1. The molecule has 1 amide bonds. The quantitative estimate of drug-likeness (QED) is 0.687. The van der Waals surface area contributed by atoms with Gasteiger partial charge in [-0.25, -0.2) is 9.93 Å². The molecule has 2 rings (SSSR count). The maximum atomic E-state index is 11.2. The highest BCUT2D eigenvalue weighted by molar-refractivity contribution is 7.90. The smallest absolute Gasteiger partial charge is 0.405 e. The first-order chi connectivity index (χ1) is 11.7. The van der Waals surface area contributed by atoms with Crippen LogP contribution in [0.3, 0.4) is 0 Å². The molecule has 1 aliphatic rings. The second kappa shape index (κ2) is 7.58. The number of carbonyl (C=O) groups is 1. The van der Waals surface area contributed by atoms with E-state index in [0.717, 1.165) is 19.3 Å². The van der Waals surface area contributed by atoms with Crippen molar-refractivity contribution in [3.8, 4) is 11.8 Å². The average Bonchev–Trinajstić information content (AvgIpc) is 2.52. The fourth-order valence-corrected chi connectivity index (χ4v) is 3.38. The van der Waals surface area contributed by atoms with Crippen LogP contribution in [0.4, 0.5) is 10.5 Å². The molecule has 0 heterocycles. The minimum atomic E-state index is -4.03. The van der Waals surface area contributed by atoms with Crippen molar-refractivity contribution in [1.29, 1.82) is 5.26 Å². The third kappa shape index (κ3) is 5.23. The van der Waals surface area contributed by atoms with Crippen molar-refractivity contribution in [2.45, 2.75) is 37.7 Å². The van der Waals surface area contributed by atoms with Gasteiger partial charge in [-0.15, -0.1) is 0 Å². The Morgan fingerprint density at radius 2 is 2.00 bits per heavy atom. The lowest BCUT2D eigenvalue weighted by atomic mass is 9.85. The Kier molecular flexibility index (Phi) is 5.71. The third-order valence-corrected chi connectivity index (χ3v) is 4.47. The predicted octanol–water partition coefficient (Wildman–Crippen LogP) is 1.35. The van der Waals surface area contributed by atoms with Crippen LogP contribution < -0.4 is 20.3 Å². The molecule has 0 aromatic heterocycles. The molecule has 0 spiro atoms. The van der Waals surface area contributed by atoms with E-state index in [1.807, 2.05) is 6.07 Å². The highest BCUT2D eigenvalue weighted by Crippen LogP contribution is 2.34. The number of benzene rings is 1. The Balaban J connectivity index is 2.22. The zero-order chi connectivity index (χ0) is 18.5. The molecule has 5 N–H and O–H groups in total. The summed E-state index contributed by atoms with van der Waals surface area (Å²) in [6, 6.07) is 6.32. The lowest BCUT2D eigenvalue weighted by Gasteiger charge is -2.35. The van der Waals surface area contributed by atoms with Crippen LogP contribution in [0.1, 0.15) is 37.7 Å². The van der Waals surface area contributed by atoms with E-state index in [1.165, 1.54) is 18.2 Å². The minimum Gasteiger partial charge on any atom is -0.488 e. The SMILES string of the molecule is N#Cc1c(NS(N)(=O)=O)cccc1OCC1(OC(N)=O)CCCCC1. The summed E-state index contributed by atoms with van der Waals surface area (Å²) in [7, 11) is -4.03. The lowest BCUT2D eigenvalue weighted by molar-refractivity contribution is -0.0434.